The zero-order valence-electron chi connectivity index (χ0n) is 30.2. The number of fused-ring (bicyclic) bond motifs is 3. The third-order valence-corrected chi connectivity index (χ3v) is 13.2. The maximum atomic E-state index is 6.08. The number of furan rings is 1. The molecule has 6 aromatic rings. The van der Waals surface area contributed by atoms with Gasteiger partial charge < -0.3 is 14.4 Å². The SMILES string of the molecule is CC(C)(c1ccnc(-c2[c-]ccc3c2oc2ncccc23)c1)C1CCCC1.C[Si](C)(C)c1cnc(-c2[c-]cccc2)cc1CC1CCCC1.[Ir]. The molecule has 0 saturated heterocycles. The summed E-state index contributed by atoms with van der Waals surface area (Å²) in [7, 11) is -1.35. The molecule has 2 aliphatic rings. The van der Waals surface area contributed by atoms with E-state index in [0.717, 1.165) is 50.7 Å². The van der Waals surface area contributed by atoms with E-state index in [1.165, 1.54) is 63.4 Å². The monoisotopic (exact) mass is 856 g/mol. The number of hydrogen-bond donors (Lipinski definition) is 0. The van der Waals surface area contributed by atoms with Crippen LogP contribution in [0.3, 0.4) is 0 Å². The van der Waals surface area contributed by atoms with Gasteiger partial charge in [0, 0.05) is 44.1 Å². The number of rotatable bonds is 7. The predicted octanol–water partition coefficient (Wildman–Crippen LogP) is 11.1. The van der Waals surface area contributed by atoms with Crippen LogP contribution in [-0.4, -0.2) is 23.0 Å². The van der Waals surface area contributed by atoms with Gasteiger partial charge >= 0.3 is 0 Å². The molecule has 0 aliphatic heterocycles. The molecule has 0 bridgehead atoms. The van der Waals surface area contributed by atoms with E-state index < -0.39 is 8.07 Å². The van der Waals surface area contributed by atoms with Crippen molar-refractivity contribution in [3.8, 4) is 22.5 Å². The van der Waals surface area contributed by atoms with Crippen LogP contribution in [0, 0.1) is 24.0 Å². The molecule has 2 saturated carbocycles. The number of aromatic nitrogens is 3. The molecule has 261 valence electrons. The van der Waals surface area contributed by atoms with Crippen molar-refractivity contribution < 1.29 is 24.5 Å². The zero-order chi connectivity index (χ0) is 34.0. The van der Waals surface area contributed by atoms with Gasteiger partial charge in [0.25, 0.3) is 0 Å². The van der Waals surface area contributed by atoms with Crippen molar-refractivity contribution in [3.05, 3.63) is 109 Å². The Hall–Kier alpha value is -3.44. The van der Waals surface area contributed by atoms with Crippen LogP contribution < -0.4 is 5.19 Å². The Labute approximate surface area is 312 Å². The molecule has 0 N–H and O–H groups in total. The summed E-state index contributed by atoms with van der Waals surface area (Å²) < 4.78 is 6.08. The Kier molecular flexibility index (Phi) is 11.2. The van der Waals surface area contributed by atoms with Crippen molar-refractivity contribution in [2.75, 3.05) is 0 Å². The van der Waals surface area contributed by atoms with Gasteiger partial charge in [0.15, 0.2) is 0 Å². The van der Waals surface area contributed by atoms with Crippen molar-refractivity contribution in [2.45, 2.75) is 96.7 Å². The molecule has 0 spiro atoms. The number of benzene rings is 2. The van der Waals surface area contributed by atoms with Gasteiger partial charge in [-0.2, -0.15) is 0 Å². The maximum absolute atomic E-state index is 6.08. The molecule has 0 unspecified atom stereocenters. The van der Waals surface area contributed by atoms with Crippen LogP contribution in [0.5, 0.6) is 0 Å². The average molecular weight is 856 g/mol. The summed E-state index contributed by atoms with van der Waals surface area (Å²) in [5.41, 5.74) is 8.54. The van der Waals surface area contributed by atoms with Crippen molar-refractivity contribution in [1.29, 1.82) is 0 Å². The van der Waals surface area contributed by atoms with E-state index in [-0.39, 0.29) is 25.5 Å². The molecule has 6 heteroatoms. The van der Waals surface area contributed by atoms with Crippen molar-refractivity contribution >= 4 is 35.3 Å². The van der Waals surface area contributed by atoms with E-state index in [1.807, 2.05) is 42.6 Å². The van der Waals surface area contributed by atoms with E-state index in [4.69, 9.17) is 9.40 Å². The summed E-state index contributed by atoms with van der Waals surface area (Å²) in [6.45, 7) is 12.0. The molecule has 0 atom stereocenters. The molecular weight excluding hydrogens is 807 g/mol. The standard InChI is InChI=1S/C24H23N2O.C20H26NSi.Ir/c1-24(2,16-7-3-4-8-16)17-12-14-25-21(15-17)20-10-5-9-18-19-11-6-13-26-23(19)27-22(18)20;1-22(2,3)20-15-21-19(17-11-5-4-6-12-17)14-18(20)13-16-9-7-8-10-16;/h5-6,9,11-16H,3-4,7-8H2,1-2H3;4-6,11,14-16H,7-10,13H2,1-3H3;/q2*-1;. The van der Waals surface area contributed by atoms with Gasteiger partial charge in [0.2, 0.25) is 5.71 Å². The normalized spacial score (nSPS) is 15.6. The van der Waals surface area contributed by atoms with Crippen molar-refractivity contribution in [3.63, 3.8) is 0 Å². The fourth-order valence-electron chi connectivity index (χ4n) is 8.18. The van der Waals surface area contributed by atoms with Crippen molar-refractivity contribution in [2.24, 2.45) is 11.8 Å². The van der Waals surface area contributed by atoms with Crippen LogP contribution in [0.15, 0.2) is 89.7 Å². The van der Waals surface area contributed by atoms with Gasteiger partial charge in [0.05, 0.1) is 13.7 Å². The van der Waals surface area contributed by atoms with Gasteiger partial charge in [-0.3, -0.25) is 0 Å². The fourth-order valence-corrected chi connectivity index (χ4v) is 9.77. The molecule has 4 aromatic heterocycles. The molecule has 0 amide bonds. The Morgan fingerprint density at radius 1 is 0.780 bits per heavy atom. The van der Waals surface area contributed by atoms with Gasteiger partial charge in [-0.05, 0) is 76.9 Å². The predicted molar refractivity (Wildman–Crippen MR) is 206 cm³/mol. The second-order valence-electron chi connectivity index (χ2n) is 15.8. The van der Waals surface area contributed by atoms with Crippen LogP contribution in [0.2, 0.25) is 19.6 Å². The van der Waals surface area contributed by atoms with Crippen LogP contribution in [0.4, 0.5) is 0 Å². The molecule has 50 heavy (non-hydrogen) atoms. The van der Waals surface area contributed by atoms with Gasteiger partial charge in [-0.15, -0.1) is 54.1 Å². The summed E-state index contributed by atoms with van der Waals surface area (Å²) in [5.74, 6) is 1.62. The van der Waals surface area contributed by atoms with E-state index in [9.17, 15) is 0 Å². The first-order valence-corrected chi connectivity index (χ1v) is 21.8. The first-order valence-electron chi connectivity index (χ1n) is 18.3. The molecule has 2 fully saturated rings. The van der Waals surface area contributed by atoms with E-state index in [0.29, 0.717) is 5.71 Å². The Bertz CT molecular complexity index is 2040. The fraction of sp³-hybridized carbons (Fsp3) is 0.386. The average Bonchev–Trinajstić information content (AvgIpc) is 3.91. The smallest absolute Gasteiger partial charge is 0.216 e. The third kappa shape index (κ3) is 7.73. The van der Waals surface area contributed by atoms with Gasteiger partial charge in [-0.1, -0.05) is 101 Å². The van der Waals surface area contributed by atoms with E-state index in [1.54, 1.807) is 16.9 Å². The molecule has 8 rings (SSSR count). The largest absolute Gasteiger partial charge is 0.486 e. The minimum Gasteiger partial charge on any atom is -0.486 e. The third-order valence-electron chi connectivity index (χ3n) is 11.1. The second-order valence-corrected chi connectivity index (χ2v) is 20.8. The molecular formula is C44H49IrN3OSi-2. The quantitative estimate of drug-likeness (QED) is 0.119. The summed E-state index contributed by atoms with van der Waals surface area (Å²) in [5, 5.41) is 3.64. The number of nitrogens with zero attached hydrogens (tertiary/aromatic N) is 3. The number of pyridine rings is 3. The maximum Gasteiger partial charge on any atom is 0.216 e. The minimum absolute atomic E-state index is 0. The molecule has 4 heterocycles. The summed E-state index contributed by atoms with van der Waals surface area (Å²) in [6, 6.07) is 29.5. The first-order chi connectivity index (χ1) is 23.7. The molecule has 2 aliphatic carbocycles. The minimum atomic E-state index is -1.35. The summed E-state index contributed by atoms with van der Waals surface area (Å²) >= 11 is 0. The van der Waals surface area contributed by atoms with Gasteiger partial charge in [-0.25, -0.2) is 4.98 Å². The first kappa shape index (κ1) is 36.4. The van der Waals surface area contributed by atoms with Crippen LogP contribution in [0.1, 0.15) is 76.3 Å². The molecule has 2 aromatic carbocycles. The number of hydrogen-bond acceptors (Lipinski definition) is 4. The summed E-state index contributed by atoms with van der Waals surface area (Å²) in [6.07, 6.45) is 18.1. The molecule has 4 nitrogen and oxygen atoms in total. The molecule has 1 radical (unpaired) electrons. The Morgan fingerprint density at radius 3 is 2.30 bits per heavy atom. The van der Waals surface area contributed by atoms with Crippen LogP contribution in [0.25, 0.3) is 44.6 Å². The Balaban J connectivity index is 0.000000173. The topological polar surface area (TPSA) is 51.8 Å². The van der Waals surface area contributed by atoms with E-state index >= 15 is 0 Å². The zero-order valence-corrected chi connectivity index (χ0v) is 33.6. The Morgan fingerprint density at radius 2 is 1.56 bits per heavy atom. The van der Waals surface area contributed by atoms with Crippen LogP contribution >= 0.6 is 0 Å². The summed E-state index contributed by atoms with van der Waals surface area (Å²) in [4.78, 5) is 13.8. The van der Waals surface area contributed by atoms with Crippen molar-refractivity contribution in [1.82, 2.24) is 15.0 Å². The van der Waals surface area contributed by atoms with E-state index in [2.05, 4.69) is 92.1 Å². The van der Waals surface area contributed by atoms with Gasteiger partial charge in [0.1, 0.15) is 0 Å². The second kappa shape index (κ2) is 15.4. The van der Waals surface area contributed by atoms with Crippen LogP contribution in [-0.2, 0) is 31.9 Å².